The van der Waals surface area contributed by atoms with Gasteiger partial charge in [-0.05, 0) is 43.4 Å². The zero-order chi connectivity index (χ0) is 13.1. The molecule has 1 saturated heterocycles. The summed E-state index contributed by atoms with van der Waals surface area (Å²) in [5.41, 5.74) is 2.39. The third-order valence-electron chi connectivity index (χ3n) is 3.67. The molecule has 0 spiro atoms. The van der Waals surface area contributed by atoms with Gasteiger partial charge in [0.25, 0.3) is 0 Å². The normalized spacial score (nSPS) is 19.7. The van der Waals surface area contributed by atoms with Gasteiger partial charge in [0.05, 0.1) is 6.04 Å². The molecule has 1 aliphatic heterocycles. The molecule has 1 aliphatic rings. The van der Waals surface area contributed by atoms with Gasteiger partial charge in [-0.25, -0.2) is 4.98 Å². The first-order chi connectivity index (χ1) is 8.63. The largest absolute Gasteiger partial charge is 0.373 e. The van der Waals surface area contributed by atoms with Gasteiger partial charge in [-0.3, -0.25) is 4.79 Å². The molecule has 2 heterocycles. The van der Waals surface area contributed by atoms with Crippen molar-refractivity contribution in [2.75, 3.05) is 18.9 Å². The molecule has 1 N–H and O–H groups in total. The van der Waals surface area contributed by atoms with Crippen molar-refractivity contribution in [3.63, 3.8) is 0 Å². The molecule has 0 saturated carbocycles. The molecular weight excluding hydrogens is 226 g/mol. The van der Waals surface area contributed by atoms with Crippen molar-refractivity contribution >= 4 is 11.7 Å². The molecule has 4 nitrogen and oxygen atoms in total. The van der Waals surface area contributed by atoms with Gasteiger partial charge in [0, 0.05) is 26.7 Å². The molecule has 1 aromatic rings. The Labute approximate surface area is 108 Å². The predicted molar refractivity (Wildman–Crippen MR) is 72.5 cm³/mol. The first kappa shape index (κ1) is 12.9. The van der Waals surface area contributed by atoms with Crippen molar-refractivity contribution in [1.29, 1.82) is 0 Å². The Morgan fingerprint density at radius 2 is 2.28 bits per heavy atom. The number of aryl methyl sites for hydroxylation is 1. The van der Waals surface area contributed by atoms with Gasteiger partial charge in [0.15, 0.2) is 0 Å². The Hall–Kier alpha value is -1.58. The number of pyridine rings is 1. The first-order valence-corrected chi connectivity index (χ1v) is 6.55. The van der Waals surface area contributed by atoms with Crippen LogP contribution < -0.4 is 5.32 Å². The predicted octanol–water partition coefficient (Wildman–Crippen LogP) is 2.51. The van der Waals surface area contributed by atoms with Crippen molar-refractivity contribution in [1.82, 2.24) is 9.88 Å². The molecule has 0 aliphatic carbocycles. The SMILES string of the molecule is CNc1cc(C)c([C@H]2CCCCN2C(C)=O)cn1. The molecule has 1 aromatic heterocycles. The van der Waals surface area contributed by atoms with E-state index >= 15 is 0 Å². The van der Waals surface area contributed by atoms with Crippen LogP contribution in [0.1, 0.15) is 43.4 Å². The lowest BCUT2D eigenvalue weighted by Crippen LogP contribution is -2.37. The van der Waals surface area contributed by atoms with Gasteiger partial charge in [0.1, 0.15) is 5.82 Å². The molecule has 4 heteroatoms. The molecule has 18 heavy (non-hydrogen) atoms. The molecule has 1 amide bonds. The number of nitrogens with zero attached hydrogens (tertiary/aromatic N) is 2. The topological polar surface area (TPSA) is 45.2 Å². The molecular formula is C14H21N3O. The number of hydrogen-bond donors (Lipinski definition) is 1. The third kappa shape index (κ3) is 2.47. The number of piperidine rings is 1. The summed E-state index contributed by atoms with van der Waals surface area (Å²) in [6.45, 7) is 4.61. The highest BCUT2D eigenvalue weighted by atomic mass is 16.2. The van der Waals surface area contributed by atoms with Crippen molar-refractivity contribution < 1.29 is 4.79 Å². The van der Waals surface area contributed by atoms with E-state index in [2.05, 4.69) is 17.2 Å². The van der Waals surface area contributed by atoms with Crippen molar-refractivity contribution in [3.8, 4) is 0 Å². The maximum absolute atomic E-state index is 11.7. The smallest absolute Gasteiger partial charge is 0.219 e. The first-order valence-electron chi connectivity index (χ1n) is 6.55. The van der Waals surface area contributed by atoms with Crippen LogP contribution >= 0.6 is 0 Å². The Morgan fingerprint density at radius 3 is 2.89 bits per heavy atom. The lowest BCUT2D eigenvalue weighted by atomic mass is 9.93. The highest BCUT2D eigenvalue weighted by molar-refractivity contribution is 5.74. The van der Waals surface area contributed by atoms with Crippen molar-refractivity contribution in [3.05, 3.63) is 23.4 Å². The number of amides is 1. The van der Waals surface area contributed by atoms with E-state index in [4.69, 9.17) is 0 Å². The van der Waals surface area contributed by atoms with E-state index in [1.165, 1.54) is 17.5 Å². The molecule has 1 atom stereocenters. The number of carbonyl (C=O) groups is 1. The van der Waals surface area contributed by atoms with Gasteiger partial charge in [-0.1, -0.05) is 0 Å². The minimum absolute atomic E-state index is 0.164. The Morgan fingerprint density at radius 1 is 1.50 bits per heavy atom. The second kappa shape index (κ2) is 5.38. The Kier molecular flexibility index (Phi) is 3.84. The number of aromatic nitrogens is 1. The molecule has 2 rings (SSSR count). The van der Waals surface area contributed by atoms with Crippen molar-refractivity contribution in [2.45, 2.75) is 39.2 Å². The highest BCUT2D eigenvalue weighted by Gasteiger charge is 2.27. The lowest BCUT2D eigenvalue weighted by molar-refractivity contribution is -0.132. The average molecular weight is 247 g/mol. The van der Waals surface area contributed by atoms with Crippen LogP contribution in [-0.2, 0) is 4.79 Å². The maximum atomic E-state index is 11.7. The summed E-state index contributed by atoms with van der Waals surface area (Å²) in [7, 11) is 1.87. The molecule has 0 unspecified atom stereocenters. The van der Waals surface area contributed by atoms with Gasteiger partial charge in [-0.15, -0.1) is 0 Å². The average Bonchev–Trinajstić information content (AvgIpc) is 2.38. The van der Waals surface area contributed by atoms with E-state index in [9.17, 15) is 4.79 Å². The summed E-state index contributed by atoms with van der Waals surface area (Å²) in [5.74, 6) is 1.04. The molecule has 0 aromatic carbocycles. The summed E-state index contributed by atoms with van der Waals surface area (Å²) >= 11 is 0. The van der Waals surface area contributed by atoms with E-state index in [1.807, 2.05) is 24.2 Å². The van der Waals surface area contributed by atoms with E-state index in [-0.39, 0.29) is 11.9 Å². The van der Waals surface area contributed by atoms with Crippen LogP contribution in [0.5, 0.6) is 0 Å². The van der Waals surface area contributed by atoms with Crippen LogP contribution in [0.15, 0.2) is 12.3 Å². The number of anilines is 1. The summed E-state index contributed by atoms with van der Waals surface area (Å²) < 4.78 is 0. The molecule has 0 radical (unpaired) electrons. The van der Waals surface area contributed by atoms with E-state index in [1.54, 1.807) is 6.92 Å². The number of carbonyl (C=O) groups excluding carboxylic acids is 1. The fourth-order valence-corrected chi connectivity index (χ4v) is 2.68. The summed E-state index contributed by atoms with van der Waals surface area (Å²) in [6, 6.07) is 2.25. The van der Waals surface area contributed by atoms with Gasteiger partial charge >= 0.3 is 0 Å². The minimum atomic E-state index is 0.164. The van der Waals surface area contributed by atoms with Gasteiger partial charge < -0.3 is 10.2 Å². The second-order valence-corrected chi connectivity index (χ2v) is 4.90. The Bertz CT molecular complexity index is 445. The van der Waals surface area contributed by atoms with Crippen LogP contribution in [-0.4, -0.2) is 29.4 Å². The summed E-state index contributed by atoms with van der Waals surface area (Å²) in [6.07, 6.45) is 5.24. The van der Waals surface area contributed by atoms with Crippen LogP contribution in [0.25, 0.3) is 0 Å². The van der Waals surface area contributed by atoms with Gasteiger partial charge in [-0.2, -0.15) is 0 Å². The third-order valence-corrected chi connectivity index (χ3v) is 3.67. The van der Waals surface area contributed by atoms with Crippen LogP contribution in [0, 0.1) is 6.92 Å². The molecule has 1 fully saturated rings. The van der Waals surface area contributed by atoms with Crippen molar-refractivity contribution in [2.24, 2.45) is 0 Å². The standard InChI is InChI=1S/C14H21N3O/c1-10-8-14(15-3)16-9-12(10)13-6-4-5-7-17(13)11(2)18/h8-9,13H,4-7H2,1-3H3,(H,15,16)/t13-/m1/s1. The highest BCUT2D eigenvalue weighted by Crippen LogP contribution is 2.32. The molecule has 98 valence electrons. The number of hydrogen-bond acceptors (Lipinski definition) is 3. The van der Waals surface area contributed by atoms with E-state index < -0.39 is 0 Å². The quantitative estimate of drug-likeness (QED) is 0.873. The molecule has 0 bridgehead atoms. The number of likely N-dealkylation sites (tertiary alicyclic amines) is 1. The fourth-order valence-electron chi connectivity index (χ4n) is 2.68. The van der Waals surface area contributed by atoms with Crippen LogP contribution in [0.3, 0.4) is 0 Å². The zero-order valence-corrected chi connectivity index (χ0v) is 11.4. The van der Waals surface area contributed by atoms with Gasteiger partial charge in [0.2, 0.25) is 5.91 Å². The second-order valence-electron chi connectivity index (χ2n) is 4.90. The number of nitrogens with one attached hydrogen (secondary N) is 1. The number of rotatable bonds is 2. The van der Waals surface area contributed by atoms with E-state index in [0.29, 0.717) is 0 Å². The summed E-state index contributed by atoms with van der Waals surface area (Å²) in [5, 5.41) is 3.04. The minimum Gasteiger partial charge on any atom is -0.373 e. The lowest BCUT2D eigenvalue weighted by Gasteiger charge is -2.36. The summed E-state index contributed by atoms with van der Waals surface area (Å²) in [4.78, 5) is 18.1. The van der Waals surface area contributed by atoms with E-state index in [0.717, 1.165) is 25.2 Å². The zero-order valence-electron chi connectivity index (χ0n) is 11.4. The fraction of sp³-hybridized carbons (Fsp3) is 0.571. The van der Waals surface area contributed by atoms with Crippen LogP contribution in [0.4, 0.5) is 5.82 Å². The monoisotopic (exact) mass is 247 g/mol. The Balaban J connectivity index is 2.31. The maximum Gasteiger partial charge on any atom is 0.219 e. The van der Waals surface area contributed by atoms with Crippen LogP contribution in [0.2, 0.25) is 0 Å².